The van der Waals surface area contributed by atoms with Crippen molar-refractivity contribution in [1.29, 1.82) is 0 Å². The molecule has 0 saturated carbocycles. The molecule has 1 saturated heterocycles. The van der Waals surface area contributed by atoms with Crippen molar-refractivity contribution in [2.24, 2.45) is 5.92 Å². The summed E-state index contributed by atoms with van der Waals surface area (Å²) in [5.74, 6) is 0.0310. The van der Waals surface area contributed by atoms with E-state index in [1.165, 1.54) is 24.3 Å². The lowest BCUT2D eigenvalue weighted by Gasteiger charge is -2.35. The van der Waals surface area contributed by atoms with Gasteiger partial charge in [-0.15, -0.1) is 11.8 Å². The predicted octanol–water partition coefficient (Wildman–Crippen LogP) is 4.83. The smallest absolute Gasteiger partial charge is 0.409 e. The van der Waals surface area contributed by atoms with Crippen LogP contribution in [0.3, 0.4) is 0 Å². The maximum atomic E-state index is 13.0. The van der Waals surface area contributed by atoms with Crippen molar-refractivity contribution < 1.29 is 27.7 Å². The third-order valence-corrected chi connectivity index (χ3v) is 9.05. The Hall–Kier alpha value is -4.30. The molecular weight excluding hydrogens is 606 g/mol. The first-order chi connectivity index (χ1) is 21.0. The van der Waals surface area contributed by atoms with Crippen LogP contribution in [0.2, 0.25) is 0 Å². The maximum Gasteiger partial charge on any atom is 0.409 e. The molecule has 234 valence electrons. The van der Waals surface area contributed by atoms with E-state index in [1.54, 1.807) is 28.8 Å². The molecule has 0 atom stereocenters. The van der Waals surface area contributed by atoms with E-state index in [4.69, 9.17) is 4.74 Å². The van der Waals surface area contributed by atoms with Gasteiger partial charge in [0.05, 0.1) is 16.4 Å². The number of rotatable bonds is 12. The van der Waals surface area contributed by atoms with Crippen LogP contribution in [0, 0.1) is 16.0 Å². The van der Waals surface area contributed by atoms with Crippen LogP contribution in [-0.4, -0.2) is 75.3 Å². The largest absolute Gasteiger partial charge is 0.449 e. The molecule has 14 heteroatoms. The van der Waals surface area contributed by atoms with Crippen LogP contribution in [0.15, 0.2) is 82.6 Å². The Balaban J connectivity index is 1.33. The van der Waals surface area contributed by atoms with E-state index in [2.05, 4.69) is 10.2 Å². The van der Waals surface area contributed by atoms with Crippen LogP contribution >= 0.6 is 11.8 Å². The van der Waals surface area contributed by atoms with Gasteiger partial charge >= 0.3 is 6.09 Å². The number of carbonyl (C=O) groups is 2. The average Bonchev–Trinajstić information content (AvgIpc) is 3.02. The van der Waals surface area contributed by atoms with Crippen LogP contribution < -0.4 is 14.9 Å². The minimum atomic E-state index is -4.39. The van der Waals surface area contributed by atoms with Crippen LogP contribution in [0.25, 0.3) is 0 Å². The zero-order valence-electron chi connectivity index (χ0n) is 24.5. The second-order valence-corrected chi connectivity index (χ2v) is 13.3. The highest BCUT2D eigenvalue weighted by atomic mass is 32.2. The van der Waals surface area contributed by atoms with Crippen molar-refractivity contribution in [2.45, 2.75) is 23.6 Å². The number of thioether (sulfide) groups is 1. The fourth-order valence-electron chi connectivity index (χ4n) is 4.39. The molecule has 2 amide bonds. The van der Waals surface area contributed by atoms with Gasteiger partial charge in [-0.1, -0.05) is 32.0 Å². The van der Waals surface area contributed by atoms with Crippen LogP contribution in [0.1, 0.15) is 24.2 Å². The number of carbonyl (C=O) groups excluding carboxylic acids is 2. The highest BCUT2D eigenvalue weighted by Crippen LogP contribution is 2.28. The molecule has 0 radical (unpaired) electrons. The third-order valence-electron chi connectivity index (χ3n) is 6.71. The maximum absolute atomic E-state index is 13.0. The highest BCUT2D eigenvalue weighted by Gasteiger charge is 2.25. The zero-order chi connectivity index (χ0) is 31.7. The number of hydrogen-bond acceptors (Lipinski definition) is 10. The lowest BCUT2D eigenvalue weighted by molar-refractivity contribution is -0.384. The minimum absolute atomic E-state index is 0.108. The SMILES string of the molecule is CC(C)COC(=O)N1CCN(c2ccc(C(=O)NS(=O)(=O)c3ccc(NCCSc4ccccc4)c([N+](=O)[O-])c3)cc2)CC1. The first kappa shape index (κ1) is 32.6. The molecule has 1 fully saturated rings. The molecule has 12 nitrogen and oxygen atoms in total. The second-order valence-electron chi connectivity index (χ2n) is 10.5. The fraction of sp³-hybridized carbons (Fsp3) is 0.333. The summed E-state index contributed by atoms with van der Waals surface area (Å²) in [5.41, 5.74) is 0.692. The molecule has 0 aromatic heterocycles. The first-order valence-corrected chi connectivity index (χ1v) is 16.5. The number of nitro groups is 1. The Morgan fingerprint density at radius 2 is 1.68 bits per heavy atom. The minimum Gasteiger partial charge on any atom is -0.449 e. The Kier molecular flexibility index (Phi) is 11.1. The van der Waals surface area contributed by atoms with Gasteiger partial charge < -0.3 is 19.9 Å². The summed E-state index contributed by atoms with van der Waals surface area (Å²) in [6, 6.07) is 19.6. The summed E-state index contributed by atoms with van der Waals surface area (Å²) in [5, 5.41) is 14.7. The molecule has 1 aliphatic heterocycles. The highest BCUT2D eigenvalue weighted by molar-refractivity contribution is 7.99. The number of amides is 2. The summed E-state index contributed by atoms with van der Waals surface area (Å²) in [7, 11) is -4.39. The summed E-state index contributed by atoms with van der Waals surface area (Å²) in [4.78, 5) is 40.4. The molecule has 0 bridgehead atoms. The van der Waals surface area contributed by atoms with Gasteiger partial charge in [0.25, 0.3) is 21.6 Å². The summed E-state index contributed by atoms with van der Waals surface area (Å²) in [6.07, 6.45) is -0.333. The summed E-state index contributed by atoms with van der Waals surface area (Å²) >= 11 is 1.58. The van der Waals surface area contributed by atoms with Gasteiger partial charge in [-0.05, 0) is 54.4 Å². The van der Waals surface area contributed by atoms with E-state index in [9.17, 15) is 28.1 Å². The monoisotopic (exact) mass is 641 g/mol. The zero-order valence-corrected chi connectivity index (χ0v) is 26.1. The number of benzene rings is 3. The molecule has 3 aromatic carbocycles. The summed E-state index contributed by atoms with van der Waals surface area (Å²) in [6.45, 7) is 6.86. The molecule has 0 unspecified atom stereocenters. The average molecular weight is 642 g/mol. The molecule has 0 spiro atoms. The Bertz CT molecular complexity index is 1560. The number of piperazine rings is 1. The van der Waals surface area contributed by atoms with E-state index in [0.29, 0.717) is 45.1 Å². The van der Waals surface area contributed by atoms with E-state index < -0.39 is 31.4 Å². The van der Waals surface area contributed by atoms with Crippen molar-refractivity contribution in [3.8, 4) is 0 Å². The van der Waals surface area contributed by atoms with Gasteiger partial charge in [0, 0.05) is 60.7 Å². The van der Waals surface area contributed by atoms with Crippen LogP contribution in [-0.2, 0) is 14.8 Å². The first-order valence-electron chi connectivity index (χ1n) is 14.1. The van der Waals surface area contributed by atoms with E-state index in [-0.39, 0.29) is 23.3 Å². The number of nitrogens with one attached hydrogen (secondary N) is 2. The molecule has 2 N–H and O–H groups in total. The van der Waals surface area contributed by atoms with Crippen molar-refractivity contribution >= 4 is 50.8 Å². The molecule has 0 aliphatic carbocycles. The second kappa shape index (κ2) is 14.9. The standard InChI is InChI=1S/C30H35N5O7S2/c1-22(2)21-42-30(37)34-17-15-33(16-18-34)24-10-8-23(9-11-24)29(36)32-44(40,41)26-12-13-27(28(20-26)35(38)39)31-14-19-43-25-6-4-3-5-7-25/h3-13,20,22,31H,14-19,21H2,1-2H3,(H,32,36). The van der Waals surface area contributed by atoms with Gasteiger partial charge in [-0.3, -0.25) is 14.9 Å². The fourth-order valence-corrected chi connectivity index (χ4v) is 6.17. The number of hydrogen-bond donors (Lipinski definition) is 2. The third kappa shape index (κ3) is 8.86. The van der Waals surface area contributed by atoms with Gasteiger partial charge in [0.2, 0.25) is 0 Å². The molecule has 44 heavy (non-hydrogen) atoms. The molecule has 1 aliphatic rings. The van der Waals surface area contributed by atoms with Gasteiger partial charge in [0.15, 0.2) is 0 Å². The lowest BCUT2D eigenvalue weighted by Crippen LogP contribution is -2.49. The van der Waals surface area contributed by atoms with Crippen molar-refractivity contribution in [3.05, 3.63) is 88.5 Å². The lowest BCUT2D eigenvalue weighted by atomic mass is 10.1. The van der Waals surface area contributed by atoms with Crippen molar-refractivity contribution in [3.63, 3.8) is 0 Å². The van der Waals surface area contributed by atoms with E-state index >= 15 is 0 Å². The van der Waals surface area contributed by atoms with E-state index in [1.807, 2.05) is 48.9 Å². The number of anilines is 2. The van der Waals surface area contributed by atoms with Gasteiger partial charge in [0.1, 0.15) is 5.69 Å². The van der Waals surface area contributed by atoms with E-state index in [0.717, 1.165) is 16.6 Å². The number of nitrogens with zero attached hydrogens (tertiary/aromatic N) is 3. The normalized spacial score (nSPS) is 13.4. The number of nitro benzene ring substituents is 1. The molecule has 4 rings (SSSR count). The van der Waals surface area contributed by atoms with Crippen molar-refractivity contribution in [1.82, 2.24) is 9.62 Å². The van der Waals surface area contributed by atoms with Crippen molar-refractivity contribution in [2.75, 3.05) is 55.3 Å². The quantitative estimate of drug-likeness (QED) is 0.122. The molecule has 3 aromatic rings. The van der Waals surface area contributed by atoms with Gasteiger partial charge in [-0.25, -0.2) is 17.9 Å². The number of sulfonamides is 1. The number of ether oxygens (including phenoxy) is 1. The summed E-state index contributed by atoms with van der Waals surface area (Å²) < 4.78 is 33.2. The van der Waals surface area contributed by atoms with Gasteiger partial charge in [-0.2, -0.15) is 0 Å². The molecule has 1 heterocycles. The Morgan fingerprint density at radius 3 is 2.32 bits per heavy atom. The topological polar surface area (TPSA) is 151 Å². The predicted molar refractivity (Wildman–Crippen MR) is 170 cm³/mol. The Labute approximate surface area is 261 Å². The molecular formula is C30H35N5O7S2. The van der Waals surface area contributed by atoms with Crippen LogP contribution in [0.4, 0.5) is 21.9 Å². The Morgan fingerprint density at radius 1 is 1.00 bits per heavy atom. The van der Waals surface area contributed by atoms with Crippen LogP contribution in [0.5, 0.6) is 0 Å².